The number of aromatic nitrogens is 7. The molecule has 3 aromatic heterocycles. The molecule has 0 unspecified atom stereocenters. The summed E-state index contributed by atoms with van der Waals surface area (Å²) >= 11 is 5.95. The minimum absolute atomic E-state index is 0.388. The molecule has 1 aromatic carbocycles. The van der Waals surface area contributed by atoms with Crippen molar-refractivity contribution in [3.8, 4) is 0 Å². The van der Waals surface area contributed by atoms with Crippen molar-refractivity contribution < 1.29 is 0 Å². The van der Waals surface area contributed by atoms with Crippen LogP contribution in [0, 0.1) is 0 Å². The van der Waals surface area contributed by atoms with Crippen molar-refractivity contribution in [2.45, 2.75) is 6.54 Å². The number of rotatable bonds is 2. The molecule has 0 fully saturated rings. The highest BCUT2D eigenvalue weighted by Gasteiger charge is 2.11. The standard InChI is InChI=1S/C12H9ClN8/c13-7-1-2-9-8(4-7)16-20-21(9)5-6-3-10(14)15-12-11(6)17-19-18-12/h1-4H,5H2,(H3,14,15,17,18,19). The van der Waals surface area contributed by atoms with E-state index in [0.717, 1.165) is 16.6 Å². The Morgan fingerprint density at radius 3 is 3.05 bits per heavy atom. The molecule has 4 rings (SSSR count). The van der Waals surface area contributed by atoms with Gasteiger partial charge in [0.15, 0.2) is 0 Å². The summed E-state index contributed by atoms with van der Waals surface area (Å²) in [6.07, 6.45) is 0. The topological polar surface area (TPSA) is 111 Å². The lowest BCUT2D eigenvalue weighted by Crippen LogP contribution is -2.04. The van der Waals surface area contributed by atoms with Crippen LogP contribution in [-0.2, 0) is 6.54 Å². The van der Waals surface area contributed by atoms with Gasteiger partial charge in [-0.2, -0.15) is 10.3 Å². The summed E-state index contributed by atoms with van der Waals surface area (Å²) in [5, 5.41) is 19.5. The van der Waals surface area contributed by atoms with Crippen LogP contribution in [0.5, 0.6) is 0 Å². The molecule has 0 saturated heterocycles. The number of hydrogen-bond donors (Lipinski definition) is 2. The van der Waals surface area contributed by atoms with Gasteiger partial charge < -0.3 is 5.73 Å². The van der Waals surface area contributed by atoms with Gasteiger partial charge in [0.05, 0.1) is 12.1 Å². The number of halogens is 1. The van der Waals surface area contributed by atoms with E-state index in [9.17, 15) is 0 Å². The van der Waals surface area contributed by atoms with Crippen molar-refractivity contribution in [2.75, 3.05) is 5.73 Å². The van der Waals surface area contributed by atoms with Gasteiger partial charge in [0, 0.05) is 10.6 Å². The summed E-state index contributed by atoms with van der Waals surface area (Å²) in [6.45, 7) is 0.466. The van der Waals surface area contributed by atoms with Crippen LogP contribution in [-0.4, -0.2) is 35.4 Å². The Morgan fingerprint density at radius 1 is 1.24 bits per heavy atom. The zero-order chi connectivity index (χ0) is 14.4. The lowest BCUT2D eigenvalue weighted by atomic mass is 10.2. The van der Waals surface area contributed by atoms with E-state index in [0.29, 0.717) is 28.5 Å². The van der Waals surface area contributed by atoms with Gasteiger partial charge in [0.25, 0.3) is 0 Å². The molecule has 8 nitrogen and oxygen atoms in total. The molecule has 3 N–H and O–H groups in total. The number of nitrogens with two attached hydrogens (primary N) is 1. The van der Waals surface area contributed by atoms with Crippen LogP contribution < -0.4 is 5.73 Å². The summed E-state index contributed by atoms with van der Waals surface area (Å²) in [4.78, 5) is 4.11. The number of pyridine rings is 1. The molecule has 0 spiro atoms. The molecule has 104 valence electrons. The fraction of sp³-hybridized carbons (Fsp3) is 0.0833. The molecule has 0 amide bonds. The Bertz CT molecular complexity index is 956. The SMILES string of the molecule is Nc1cc(Cn2nnc3cc(Cl)ccc32)c2n[nH]nc2n1. The number of anilines is 1. The van der Waals surface area contributed by atoms with E-state index in [-0.39, 0.29) is 0 Å². The van der Waals surface area contributed by atoms with Crippen LogP contribution in [0.25, 0.3) is 22.2 Å². The molecule has 0 bridgehead atoms. The van der Waals surface area contributed by atoms with E-state index in [1.165, 1.54) is 0 Å². The molecule has 0 radical (unpaired) electrons. The maximum atomic E-state index is 5.95. The Morgan fingerprint density at radius 2 is 2.14 bits per heavy atom. The molecular weight excluding hydrogens is 292 g/mol. The highest BCUT2D eigenvalue weighted by Crippen LogP contribution is 2.20. The third-order valence-electron chi connectivity index (χ3n) is 3.19. The maximum Gasteiger partial charge on any atom is 0.203 e. The van der Waals surface area contributed by atoms with Crippen LogP contribution >= 0.6 is 11.6 Å². The van der Waals surface area contributed by atoms with Crippen LogP contribution in [0.4, 0.5) is 5.82 Å². The van der Waals surface area contributed by atoms with Crippen molar-refractivity contribution >= 4 is 39.6 Å². The first kappa shape index (κ1) is 12.0. The number of nitrogens with zero attached hydrogens (tertiary/aromatic N) is 6. The molecule has 21 heavy (non-hydrogen) atoms. The largest absolute Gasteiger partial charge is 0.384 e. The maximum absolute atomic E-state index is 5.95. The number of benzene rings is 1. The average Bonchev–Trinajstić information content (AvgIpc) is 3.05. The van der Waals surface area contributed by atoms with Crippen molar-refractivity contribution in [2.24, 2.45) is 0 Å². The summed E-state index contributed by atoms with van der Waals surface area (Å²) in [7, 11) is 0. The van der Waals surface area contributed by atoms with Gasteiger partial charge in [0.1, 0.15) is 16.9 Å². The minimum Gasteiger partial charge on any atom is -0.384 e. The van der Waals surface area contributed by atoms with E-state index in [1.54, 1.807) is 22.9 Å². The van der Waals surface area contributed by atoms with E-state index in [1.807, 2.05) is 6.07 Å². The van der Waals surface area contributed by atoms with Crippen LogP contribution in [0.15, 0.2) is 24.3 Å². The number of hydrogen-bond acceptors (Lipinski definition) is 6. The predicted octanol–water partition coefficient (Wildman–Crippen LogP) is 1.38. The van der Waals surface area contributed by atoms with Crippen molar-refractivity contribution in [1.29, 1.82) is 0 Å². The van der Waals surface area contributed by atoms with Crippen LogP contribution in [0.2, 0.25) is 5.02 Å². The first-order valence-electron chi connectivity index (χ1n) is 6.15. The molecule has 0 aliphatic heterocycles. The highest BCUT2D eigenvalue weighted by atomic mass is 35.5. The van der Waals surface area contributed by atoms with Gasteiger partial charge in [-0.25, -0.2) is 9.67 Å². The monoisotopic (exact) mass is 300 g/mol. The van der Waals surface area contributed by atoms with E-state index in [2.05, 4.69) is 30.7 Å². The predicted molar refractivity (Wildman–Crippen MR) is 77.7 cm³/mol. The third kappa shape index (κ3) is 1.96. The first-order valence-corrected chi connectivity index (χ1v) is 6.53. The van der Waals surface area contributed by atoms with Gasteiger partial charge in [-0.1, -0.05) is 16.8 Å². The minimum atomic E-state index is 0.388. The van der Waals surface area contributed by atoms with Crippen LogP contribution in [0.3, 0.4) is 0 Å². The second-order valence-corrected chi connectivity index (χ2v) is 5.02. The number of fused-ring (bicyclic) bond motifs is 2. The normalized spacial score (nSPS) is 11.5. The number of nitrogens with one attached hydrogen (secondary N) is 1. The second kappa shape index (κ2) is 4.38. The lowest BCUT2D eigenvalue weighted by Gasteiger charge is -2.04. The number of aromatic amines is 1. The zero-order valence-corrected chi connectivity index (χ0v) is 11.4. The number of H-pyrrole nitrogens is 1. The first-order chi connectivity index (χ1) is 10.2. The van der Waals surface area contributed by atoms with Gasteiger partial charge in [-0.15, -0.1) is 10.2 Å². The molecule has 0 aliphatic carbocycles. The molecule has 4 aromatic rings. The lowest BCUT2D eigenvalue weighted by molar-refractivity contribution is 0.671. The number of nitrogen functional groups attached to an aromatic ring is 1. The second-order valence-electron chi connectivity index (χ2n) is 4.58. The summed E-state index contributed by atoms with van der Waals surface area (Å²) in [5.41, 5.74) is 9.43. The van der Waals surface area contributed by atoms with E-state index in [4.69, 9.17) is 17.3 Å². The van der Waals surface area contributed by atoms with Gasteiger partial charge in [0.2, 0.25) is 5.65 Å². The Balaban J connectivity index is 1.84. The van der Waals surface area contributed by atoms with E-state index < -0.39 is 0 Å². The molecule has 9 heteroatoms. The molecule has 0 saturated carbocycles. The molecule has 3 heterocycles. The molecule has 0 aliphatic rings. The fourth-order valence-electron chi connectivity index (χ4n) is 2.26. The molecular formula is C12H9ClN8. The Kier molecular flexibility index (Phi) is 2.51. The van der Waals surface area contributed by atoms with Gasteiger partial charge >= 0.3 is 0 Å². The summed E-state index contributed by atoms with van der Waals surface area (Å²) in [6, 6.07) is 7.21. The summed E-state index contributed by atoms with van der Waals surface area (Å²) < 4.78 is 1.76. The van der Waals surface area contributed by atoms with Crippen molar-refractivity contribution in [1.82, 2.24) is 35.4 Å². The Labute approximate surface area is 122 Å². The third-order valence-corrected chi connectivity index (χ3v) is 3.42. The van der Waals surface area contributed by atoms with Gasteiger partial charge in [-0.05, 0) is 24.3 Å². The Hall–Kier alpha value is -2.74. The zero-order valence-electron chi connectivity index (χ0n) is 10.7. The fourth-order valence-corrected chi connectivity index (χ4v) is 2.43. The van der Waals surface area contributed by atoms with Crippen LogP contribution in [0.1, 0.15) is 5.56 Å². The highest BCUT2D eigenvalue weighted by molar-refractivity contribution is 6.31. The quantitative estimate of drug-likeness (QED) is 0.578. The van der Waals surface area contributed by atoms with Gasteiger partial charge in [-0.3, -0.25) is 0 Å². The molecule has 0 atom stereocenters. The van der Waals surface area contributed by atoms with Crippen molar-refractivity contribution in [3.63, 3.8) is 0 Å². The van der Waals surface area contributed by atoms with Crippen molar-refractivity contribution in [3.05, 3.63) is 34.9 Å². The summed E-state index contributed by atoms with van der Waals surface area (Å²) in [5.74, 6) is 0.388. The van der Waals surface area contributed by atoms with E-state index >= 15 is 0 Å². The smallest absolute Gasteiger partial charge is 0.203 e. The average molecular weight is 301 g/mol.